The first kappa shape index (κ1) is 14.6. The topological polar surface area (TPSA) is 60.8 Å². The van der Waals surface area contributed by atoms with Crippen molar-refractivity contribution in [3.8, 4) is 0 Å². The molecule has 0 aromatic heterocycles. The van der Waals surface area contributed by atoms with Crippen molar-refractivity contribution in [2.24, 2.45) is 0 Å². The maximum Gasteiger partial charge on any atom is 0.417 e. The van der Waals surface area contributed by atoms with Gasteiger partial charge in [0.15, 0.2) is 5.60 Å². The number of rotatable bonds is 2. The summed E-state index contributed by atoms with van der Waals surface area (Å²) in [5.41, 5.74) is -1.85. The quantitative estimate of drug-likeness (QED) is 0.877. The summed E-state index contributed by atoms with van der Waals surface area (Å²) in [6, 6.07) is 5.92. The summed E-state index contributed by atoms with van der Waals surface area (Å²) in [6.07, 6.45) is -5.40. The molecule has 110 valence electrons. The maximum absolute atomic E-state index is 12.7. The van der Waals surface area contributed by atoms with Gasteiger partial charge in [-0.25, -0.2) is 4.79 Å². The SMILES string of the molecule is O=C(O)c1ccc(N2CCC(O)(C(F)(F)F)CC2)cc1. The van der Waals surface area contributed by atoms with Crippen LogP contribution >= 0.6 is 0 Å². The Hall–Kier alpha value is -1.76. The molecule has 1 aliphatic rings. The van der Waals surface area contributed by atoms with Crippen LogP contribution in [-0.4, -0.2) is 41.0 Å². The second-order valence-corrected chi connectivity index (χ2v) is 4.87. The molecule has 2 rings (SSSR count). The summed E-state index contributed by atoms with van der Waals surface area (Å²) in [6.45, 7) is 0.144. The number of alkyl halides is 3. The van der Waals surface area contributed by atoms with E-state index in [0.29, 0.717) is 5.69 Å². The third-order valence-electron chi connectivity index (χ3n) is 3.60. The van der Waals surface area contributed by atoms with E-state index in [9.17, 15) is 23.1 Å². The van der Waals surface area contributed by atoms with Gasteiger partial charge in [0.05, 0.1) is 5.56 Å². The van der Waals surface area contributed by atoms with Crippen LogP contribution in [-0.2, 0) is 0 Å². The maximum atomic E-state index is 12.7. The van der Waals surface area contributed by atoms with Crippen molar-refractivity contribution in [2.45, 2.75) is 24.6 Å². The summed E-state index contributed by atoms with van der Waals surface area (Å²) in [5.74, 6) is -1.05. The monoisotopic (exact) mass is 289 g/mol. The molecule has 7 heteroatoms. The van der Waals surface area contributed by atoms with Crippen molar-refractivity contribution in [1.82, 2.24) is 0 Å². The molecule has 1 fully saturated rings. The van der Waals surface area contributed by atoms with Crippen LogP contribution in [0.4, 0.5) is 18.9 Å². The van der Waals surface area contributed by atoms with E-state index in [-0.39, 0.29) is 18.7 Å². The number of halogens is 3. The number of aromatic carboxylic acids is 1. The van der Waals surface area contributed by atoms with Crippen LogP contribution in [0, 0.1) is 0 Å². The molecule has 1 aromatic rings. The highest BCUT2D eigenvalue weighted by Crippen LogP contribution is 2.39. The molecule has 0 unspecified atom stereocenters. The Morgan fingerprint density at radius 3 is 2.05 bits per heavy atom. The van der Waals surface area contributed by atoms with Crippen LogP contribution in [0.15, 0.2) is 24.3 Å². The molecule has 0 saturated carbocycles. The van der Waals surface area contributed by atoms with Crippen LogP contribution in [0.1, 0.15) is 23.2 Å². The molecule has 1 aliphatic heterocycles. The fourth-order valence-corrected chi connectivity index (χ4v) is 2.23. The van der Waals surface area contributed by atoms with Gasteiger partial charge < -0.3 is 15.1 Å². The predicted molar refractivity (Wildman–Crippen MR) is 65.9 cm³/mol. The minimum Gasteiger partial charge on any atom is -0.478 e. The van der Waals surface area contributed by atoms with E-state index in [1.165, 1.54) is 12.1 Å². The van der Waals surface area contributed by atoms with E-state index in [1.54, 1.807) is 17.0 Å². The number of hydrogen-bond donors (Lipinski definition) is 2. The van der Waals surface area contributed by atoms with E-state index < -0.39 is 30.6 Å². The molecule has 20 heavy (non-hydrogen) atoms. The third kappa shape index (κ3) is 2.72. The lowest BCUT2D eigenvalue weighted by Crippen LogP contribution is -2.53. The van der Waals surface area contributed by atoms with Gasteiger partial charge in [-0.15, -0.1) is 0 Å². The molecule has 2 N–H and O–H groups in total. The zero-order valence-corrected chi connectivity index (χ0v) is 10.5. The second kappa shape index (κ2) is 4.97. The van der Waals surface area contributed by atoms with Gasteiger partial charge in [0.2, 0.25) is 0 Å². The highest BCUT2D eigenvalue weighted by molar-refractivity contribution is 5.88. The summed E-state index contributed by atoms with van der Waals surface area (Å²) in [5, 5.41) is 18.3. The van der Waals surface area contributed by atoms with E-state index in [4.69, 9.17) is 5.11 Å². The second-order valence-electron chi connectivity index (χ2n) is 4.87. The van der Waals surface area contributed by atoms with Gasteiger partial charge in [0, 0.05) is 31.6 Å². The van der Waals surface area contributed by atoms with Crippen molar-refractivity contribution in [1.29, 1.82) is 0 Å². The van der Waals surface area contributed by atoms with Gasteiger partial charge >= 0.3 is 12.1 Å². The Bertz CT molecular complexity index is 491. The van der Waals surface area contributed by atoms with Gasteiger partial charge in [-0.3, -0.25) is 0 Å². The lowest BCUT2D eigenvalue weighted by molar-refractivity contribution is -0.266. The molecule has 0 radical (unpaired) electrons. The third-order valence-corrected chi connectivity index (χ3v) is 3.60. The number of carboxylic acid groups (broad SMARTS) is 1. The number of aliphatic hydroxyl groups is 1. The van der Waals surface area contributed by atoms with E-state index in [2.05, 4.69) is 0 Å². The van der Waals surface area contributed by atoms with Crippen molar-refractivity contribution < 1.29 is 28.2 Å². The Balaban J connectivity index is 2.06. The van der Waals surface area contributed by atoms with Crippen LogP contribution < -0.4 is 4.90 Å². The first-order valence-corrected chi connectivity index (χ1v) is 6.10. The van der Waals surface area contributed by atoms with E-state index in [0.717, 1.165) is 0 Å². The molecule has 0 bridgehead atoms. The largest absolute Gasteiger partial charge is 0.478 e. The van der Waals surface area contributed by atoms with Crippen LogP contribution in [0.25, 0.3) is 0 Å². The molecule has 0 aliphatic carbocycles. The van der Waals surface area contributed by atoms with Gasteiger partial charge in [-0.2, -0.15) is 13.2 Å². The number of nitrogens with zero attached hydrogens (tertiary/aromatic N) is 1. The summed E-state index contributed by atoms with van der Waals surface area (Å²) in [7, 11) is 0. The molecular formula is C13H14F3NO3. The van der Waals surface area contributed by atoms with Gasteiger partial charge in [0.25, 0.3) is 0 Å². The highest BCUT2D eigenvalue weighted by Gasteiger charge is 2.54. The molecule has 4 nitrogen and oxygen atoms in total. The first-order chi connectivity index (χ1) is 9.23. The standard InChI is InChI=1S/C13H14F3NO3/c14-13(15,16)12(20)5-7-17(8-6-12)10-3-1-9(2-4-10)11(18)19/h1-4,20H,5-8H2,(H,18,19). The normalized spacial score (nSPS) is 18.9. The smallest absolute Gasteiger partial charge is 0.417 e. The van der Waals surface area contributed by atoms with Crippen LogP contribution in [0.5, 0.6) is 0 Å². The van der Waals surface area contributed by atoms with Gasteiger partial charge in [-0.1, -0.05) is 0 Å². The Morgan fingerprint density at radius 1 is 1.15 bits per heavy atom. The van der Waals surface area contributed by atoms with Crippen molar-refractivity contribution in [2.75, 3.05) is 18.0 Å². The molecule has 0 spiro atoms. The van der Waals surface area contributed by atoms with Crippen LogP contribution in [0.2, 0.25) is 0 Å². The van der Waals surface area contributed by atoms with Crippen LogP contribution in [0.3, 0.4) is 0 Å². The fourth-order valence-electron chi connectivity index (χ4n) is 2.23. The van der Waals surface area contributed by atoms with E-state index in [1.807, 2.05) is 0 Å². The zero-order chi connectivity index (χ0) is 15.0. The molecular weight excluding hydrogens is 275 g/mol. The number of piperidine rings is 1. The molecule has 0 atom stereocenters. The first-order valence-electron chi connectivity index (χ1n) is 6.10. The molecule has 1 aromatic carbocycles. The Labute approximate surface area is 113 Å². The lowest BCUT2D eigenvalue weighted by Gasteiger charge is -2.40. The predicted octanol–water partition coefficient (Wildman–Crippen LogP) is 2.28. The number of benzene rings is 1. The number of anilines is 1. The Morgan fingerprint density at radius 2 is 1.65 bits per heavy atom. The fraction of sp³-hybridized carbons (Fsp3) is 0.462. The number of carbonyl (C=O) groups is 1. The van der Waals surface area contributed by atoms with Gasteiger partial charge in [-0.05, 0) is 24.3 Å². The van der Waals surface area contributed by atoms with Crippen molar-refractivity contribution in [3.63, 3.8) is 0 Å². The molecule has 1 saturated heterocycles. The van der Waals surface area contributed by atoms with Crippen molar-refractivity contribution in [3.05, 3.63) is 29.8 Å². The average Bonchev–Trinajstić information content (AvgIpc) is 2.38. The summed E-state index contributed by atoms with van der Waals surface area (Å²) in [4.78, 5) is 12.4. The minimum atomic E-state index is -4.62. The molecule has 0 amide bonds. The summed E-state index contributed by atoms with van der Waals surface area (Å²) < 4.78 is 38.0. The minimum absolute atomic E-state index is 0.0719. The highest BCUT2D eigenvalue weighted by atomic mass is 19.4. The van der Waals surface area contributed by atoms with Gasteiger partial charge in [0.1, 0.15) is 0 Å². The summed E-state index contributed by atoms with van der Waals surface area (Å²) >= 11 is 0. The Kier molecular flexibility index (Phi) is 3.64. The zero-order valence-electron chi connectivity index (χ0n) is 10.5. The number of carboxylic acids is 1. The molecule has 1 heterocycles. The van der Waals surface area contributed by atoms with E-state index >= 15 is 0 Å². The average molecular weight is 289 g/mol. The number of hydrogen-bond acceptors (Lipinski definition) is 3. The van der Waals surface area contributed by atoms with Crippen molar-refractivity contribution >= 4 is 11.7 Å². The lowest BCUT2D eigenvalue weighted by atomic mass is 9.90.